The fourth-order valence-corrected chi connectivity index (χ4v) is 5.30. The molecule has 0 aromatic carbocycles. The summed E-state index contributed by atoms with van der Waals surface area (Å²) in [6.45, 7) is 6.14. The molecule has 0 aromatic rings. The highest BCUT2D eigenvalue weighted by Gasteiger charge is 2.47. The molecular weight excluding hydrogens is 262 g/mol. The van der Waals surface area contributed by atoms with E-state index in [4.69, 9.17) is 19.0 Å². The lowest BCUT2D eigenvalue weighted by molar-refractivity contribution is 0.0970. The predicted octanol–water partition coefficient (Wildman–Crippen LogP) is 0.225. The molecule has 1 fully saturated rings. The minimum absolute atomic E-state index is 0.0411. The van der Waals surface area contributed by atoms with E-state index in [0.717, 1.165) is 39.0 Å². The molecule has 0 spiro atoms. The number of nitrogens with zero attached hydrogens (tertiary/aromatic N) is 1. The van der Waals surface area contributed by atoms with Crippen molar-refractivity contribution in [2.24, 2.45) is 5.73 Å². The van der Waals surface area contributed by atoms with Crippen LogP contribution >= 0.6 is 0 Å². The van der Waals surface area contributed by atoms with Crippen LogP contribution in [-0.2, 0) is 13.3 Å². The Balaban J connectivity index is 2.63. The molecule has 3 N–H and O–H groups in total. The van der Waals surface area contributed by atoms with Crippen molar-refractivity contribution in [3.05, 3.63) is 0 Å². The van der Waals surface area contributed by atoms with Gasteiger partial charge in [-0.2, -0.15) is 0 Å². The van der Waals surface area contributed by atoms with Crippen LogP contribution in [0.4, 0.5) is 0 Å². The second-order valence-electron chi connectivity index (χ2n) is 4.91. The average Bonchev–Trinajstić information content (AvgIpc) is 2.49. The fourth-order valence-electron chi connectivity index (χ4n) is 2.77. The number of piperazine rings is 1. The molecule has 0 bridgehead atoms. The molecule has 2 unspecified atom stereocenters. The molecule has 2 atom stereocenters. The van der Waals surface area contributed by atoms with Crippen molar-refractivity contribution in [3.8, 4) is 0 Å². The zero-order valence-corrected chi connectivity index (χ0v) is 13.6. The molecular formula is C12H29N3O3Si. The quantitative estimate of drug-likeness (QED) is 0.624. The Morgan fingerprint density at radius 2 is 1.68 bits per heavy atom. The molecule has 0 saturated carbocycles. The van der Waals surface area contributed by atoms with Crippen LogP contribution in [0, 0.1) is 0 Å². The lowest BCUT2D eigenvalue weighted by Gasteiger charge is -2.37. The Morgan fingerprint density at radius 3 is 2.11 bits per heavy atom. The van der Waals surface area contributed by atoms with E-state index >= 15 is 0 Å². The van der Waals surface area contributed by atoms with Crippen LogP contribution in [0.1, 0.15) is 19.8 Å². The molecule has 0 aliphatic carbocycles. The highest BCUT2D eigenvalue weighted by molar-refractivity contribution is 6.62. The van der Waals surface area contributed by atoms with Crippen LogP contribution in [0.2, 0.25) is 5.54 Å². The summed E-state index contributed by atoms with van der Waals surface area (Å²) < 4.78 is 16.8. The number of nitrogens with two attached hydrogens (primary N) is 1. The third-order valence-corrected chi connectivity index (χ3v) is 7.34. The van der Waals surface area contributed by atoms with Crippen LogP contribution in [0.5, 0.6) is 0 Å². The largest absolute Gasteiger partial charge is 0.503 e. The topological polar surface area (TPSA) is 69.0 Å². The third kappa shape index (κ3) is 4.22. The summed E-state index contributed by atoms with van der Waals surface area (Å²) in [5.74, 6) is 0. The molecule has 1 aliphatic heterocycles. The fraction of sp³-hybridized carbons (Fsp3) is 1.00. The lowest BCUT2D eigenvalue weighted by atomic mass is 10.2. The summed E-state index contributed by atoms with van der Waals surface area (Å²) >= 11 is 0. The lowest BCUT2D eigenvalue weighted by Crippen LogP contribution is -2.55. The first-order chi connectivity index (χ1) is 9.13. The second-order valence-corrected chi connectivity index (χ2v) is 8.16. The van der Waals surface area contributed by atoms with Crippen molar-refractivity contribution in [1.29, 1.82) is 0 Å². The van der Waals surface area contributed by atoms with Crippen LogP contribution in [0.15, 0.2) is 0 Å². The van der Waals surface area contributed by atoms with Crippen molar-refractivity contribution >= 4 is 8.80 Å². The highest BCUT2D eigenvalue weighted by atomic mass is 28.4. The minimum atomic E-state index is -2.60. The first kappa shape index (κ1) is 17.0. The van der Waals surface area contributed by atoms with Gasteiger partial charge in [-0.1, -0.05) is 6.92 Å². The second kappa shape index (κ2) is 8.31. The van der Waals surface area contributed by atoms with Crippen molar-refractivity contribution < 1.29 is 13.3 Å². The maximum Gasteiger partial charge on any atom is 0.503 e. The van der Waals surface area contributed by atoms with Gasteiger partial charge in [-0.15, -0.1) is 0 Å². The van der Waals surface area contributed by atoms with Gasteiger partial charge < -0.3 is 24.3 Å². The SMILES string of the molecule is CCC(CC(N)N1CCNCC1)[Si](OC)(OC)OC. The van der Waals surface area contributed by atoms with Crippen LogP contribution < -0.4 is 11.1 Å². The molecule has 1 heterocycles. The van der Waals surface area contributed by atoms with E-state index in [1.807, 2.05) is 0 Å². The summed E-state index contributed by atoms with van der Waals surface area (Å²) in [7, 11) is 2.40. The van der Waals surface area contributed by atoms with Gasteiger partial charge in [0.05, 0.1) is 6.17 Å². The van der Waals surface area contributed by atoms with Crippen molar-refractivity contribution in [3.63, 3.8) is 0 Å². The van der Waals surface area contributed by atoms with E-state index in [1.54, 1.807) is 21.3 Å². The van der Waals surface area contributed by atoms with Gasteiger partial charge in [-0.05, 0) is 12.8 Å². The summed E-state index contributed by atoms with van der Waals surface area (Å²) in [5.41, 5.74) is 6.57. The molecule has 6 nitrogen and oxygen atoms in total. The predicted molar refractivity (Wildman–Crippen MR) is 77.9 cm³/mol. The summed E-state index contributed by atoms with van der Waals surface area (Å²) in [6.07, 6.45) is 1.83. The van der Waals surface area contributed by atoms with E-state index < -0.39 is 8.80 Å². The van der Waals surface area contributed by atoms with Gasteiger partial charge in [0, 0.05) is 53.0 Å². The summed E-state index contributed by atoms with van der Waals surface area (Å²) in [5, 5.41) is 3.34. The zero-order valence-electron chi connectivity index (χ0n) is 12.6. The van der Waals surface area contributed by atoms with Gasteiger partial charge in [0.15, 0.2) is 0 Å². The molecule has 0 radical (unpaired) electrons. The number of rotatable bonds is 8. The number of hydrogen-bond donors (Lipinski definition) is 2. The maximum atomic E-state index is 6.34. The molecule has 1 saturated heterocycles. The Hall–Kier alpha value is -0.0231. The number of hydrogen-bond acceptors (Lipinski definition) is 6. The first-order valence-corrected chi connectivity index (χ1v) is 8.79. The van der Waals surface area contributed by atoms with Gasteiger partial charge in [0.1, 0.15) is 0 Å². The van der Waals surface area contributed by atoms with Crippen molar-refractivity contribution in [1.82, 2.24) is 10.2 Å². The van der Waals surface area contributed by atoms with Gasteiger partial charge in [-0.3, -0.25) is 4.90 Å². The van der Waals surface area contributed by atoms with E-state index in [9.17, 15) is 0 Å². The van der Waals surface area contributed by atoms with Gasteiger partial charge in [0.25, 0.3) is 0 Å². The summed E-state index contributed by atoms with van der Waals surface area (Å²) in [4.78, 5) is 2.32. The molecule has 1 aliphatic rings. The molecule has 0 amide bonds. The van der Waals surface area contributed by atoms with E-state index in [-0.39, 0.29) is 11.7 Å². The number of nitrogens with one attached hydrogen (secondary N) is 1. The minimum Gasteiger partial charge on any atom is -0.377 e. The van der Waals surface area contributed by atoms with Gasteiger partial charge in [0.2, 0.25) is 0 Å². The first-order valence-electron chi connectivity index (χ1n) is 6.99. The van der Waals surface area contributed by atoms with Crippen LogP contribution in [-0.4, -0.2) is 67.4 Å². The van der Waals surface area contributed by atoms with Crippen molar-refractivity contribution in [2.45, 2.75) is 31.5 Å². The summed E-state index contributed by atoms with van der Waals surface area (Å²) in [6, 6.07) is 0. The monoisotopic (exact) mass is 291 g/mol. The highest BCUT2D eigenvalue weighted by Crippen LogP contribution is 2.32. The Kier molecular flexibility index (Phi) is 7.44. The van der Waals surface area contributed by atoms with E-state index in [2.05, 4.69) is 17.1 Å². The van der Waals surface area contributed by atoms with Crippen LogP contribution in [0.25, 0.3) is 0 Å². The van der Waals surface area contributed by atoms with Crippen LogP contribution in [0.3, 0.4) is 0 Å². The normalized spacial score (nSPS) is 21.3. The standard InChI is InChI=1S/C12H29N3O3Si/c1-5-11(19(16-2,17-3)18-4)10-12(13)15-8-6-14-7-9-15/h11-12,14H,5-10,13H2,1-4H3. The third-order valence-electron chi connectivity index (χ3n) is 3.99. The van der Waals surface area contributed by atoms with Gasteiger partial charge in [-0.25, -0.2) is 0 Å². The Bertz CT molecular complexity index is 240. The molecule has 19 heavy (non-hydrogen) atoms. The Morgan fingerprint density at radius 1 is 1.16 bits per heavy atom. The molecule has 7 heteroatoms. The average molecular weight is 291 g/mol. The van der Waals surface area contributed by atoms with E-state index in [0.29, 0.717) is 0 Å². The zero-order chi connectivity index (χ0) is 14.3. The van der Waals surface area contributed by atoms with Gasteiger partial charge >= 0.3 is 8.80 Å². The molecule has 0 aromatic heterocycles. The maximum absolute atomic E-state index is 6.34. The smallest absolute Gasteiger partial charge is 0.377 e. The molecule has 114 valence electrons. The van der Waals surface area contributed by atoms with E-state index in [1.165, 1.54) is 0 Å². The molecule has 1 rings (SSSR count). The Labute approximate surface area is 117 Å². The van der Waals surface area contributed by atoms with Crippen molar-refractivity contribution in [2.75, 3.05) is 47.5 Å².